The average Bonchev–Trinajstić information content (AvgIpc) is 1.62. The van der Waals surface area contributed by atoms with Gasteiger partial charge in [0.1, 0.15) is 29.7 Å². The lowest BCUT2D eigenvalue weighted by Gasteiger charge is -2.37. The lowest BCUT2D eigenvalue weighted by Crippen LogP contribution is -2.50. The Hall–Kier alpha value is -9.25. The number of nitrogens with zero attached hydrogens (tertiary/aromatic N) is 12. The van der Waals surface area contributed by atoms with Crippen LogP contribution in [0.5, 0.6) is 0 Å². The summed E-state index contributed by atoms with van der Waals surface area (Å²) in [4.78, 5) is 44.3. The van der Waals surface area contributed by atoms with Crippen molar-refractivity contribution in [3.63, 3.8) is 0 Å². The highest BCUT2D eigenvalue weighted by Crippen LogP contribution is 2.35. The molecule has 6 heterocycles. The summed E-state index contributed by atoms with van der Waals surface area (Å²) in [6, 6.07) is 41.4. The van der Waals surface area contributed by atoms with Gasteiger partial charge in [-0.15, -0.1) is 10.2 Å². The molecular formula is C77H86Br3F11N16O4. The van der Waals surface area contributed by atoms with E-state index < -0.39 is 49.1 Å². The van der Waals surface area contributed by atoms with E-state index in [1.807, 2.05) is 130 Å². The highest BCUT2D eigenvalue weighted by Gasteiger charge is 2.30. The van der Waals surface area contributed by atoms with Crippen molar-refractivity contribution < 1.29 is 67.4 Å². The summed E-state index contributed by atoms with van der Waals surface area (Å²) in [6.45, 7) is 21.8. The van der Waals surface area contributed by atoms with Gasteiger partial charge in [-0.25, -0.2) is 67.2 Å². The van der Waals surface area contributed by atoms with Crippen LogP contribution < -0.4 is 40.9 Å². The zero-order valence-corrected chi connectivity index (χ0v) is 66.3. The minimum absolute atomic E-state index is 0.0102. The molecule has 7 aromatic carbocycles. The van der Waals surface area contributed by atoms with Crippen molar-refractivity contribution in [3.8, 4) is 11.4 Å². The van der Waals surface area contributed by atoms with Gasteiger partial charge in [0.25, 0.3) is 32.1 Å². The third kappa shape index (κ3) is 27.0. The van der Waals surface area contributed by atoms with Crippen molar-refractivity contribution in [2.24, 2.45) is 0 Å². The Bertz CT molecular complexity index is 4420. The molecule has 0 unspecified atom stereocenters. The minimum Gasteiger partial charge on any atom is -0.444 e. The van der Waals surface area contributed by atoms with Crippen molar-refractivity contribution in [3.05, 3.63) is 211 Å². The van der Waals surface area contributed by atoms with Crippen LogP contribution in [-0.2, 0) is 9.47 Å². The van der Waals surface area contributed by atoms with Crippen molar-refractivity contribution in [2.75, 3.05) is 135 Å². The number of carbonyl (C=O) groups excluding carboxylic acids is 2. The third-order valence-corrected chi connectivity index (χ3v) is 18.3. The van der Waals surface area contributed by atoms with Crippen molar-refractivity contribution in [2.45, 2.75) is 84.9 Å². The molecule has 9 aromatic rings. The Morgan fingerprint density at radius 2 is 0.685 bits per heavy atom. The van der Waals surface area contributed by atoms with Crippen molar-refractivity contribution >= 4 is 106 Å². The van der Waals surface area contributed by atoms with Crippen LogP contribution in [0.3, 0.4) is 0 Å². The number of rotatable bonds is 15. The van der Waals surface area contributed by atoms with Crippen LogP contribution >= 0.6 is 47.8 Å². The summed E-state index contributed by atoms with van der Waals surface area (Å²) in [6.07, 6.45) is -10.3. The van der Waals surface area contributed by atoms with E-state index >= 15 is 0 Å². The number of para-hydroxylation sites is 2. The molecule has 4 N–H and O–H groups in total. The first kappa shape index (κ1) is 85.7. The van der Waals surface area contributed by atoms with Gasteiger partial charge in [-0.3, -0.25) is 0 Å². The van der Waals surface area contributed by atoms with E-state index in [9.17, 15) is 57.9 Å². The van der Waals surface area contributed by atoms with Gasteiger partial charge in [0, 0.05) is 180 Å². The molecule has 2 aromatic heterocycles. The van der Waals surface area contributed by atoms with E-state index in [0.29, 0.717) is 94.7 Å². The van der Waals surface area contributed by atoms with Crippen LogP contribution in [0, 0.1) is 5.82 Å². The maximum absolute atomic E-state index is 13.6. The van der Waals surface area contributed by atoms with E-state index in [2.05, 4.69) is 99.0 Å². The Morgan fingerprint density at radius 3 is 1.00 bits per heavy atom. The molecule has 20 nitrogen and oxygen atoms in total. The van der Waals surface area contributed by atoms with Gasteiger partial charge in [-0.2, -0.15) is 9.97 Å². The maximum atomic E-state index is 13.6. The fourth-order valence-corrected chi connectivity index (χ4v) is 13.1. The SMILES string of the molecule is CC(C)(C)OC(=O)N1CCN(c2cc(Br)cc(C(F)F)c2)CC1.CC(C)(C)OC(=O)N1CCN(c2cc(Nc3ncn(-c4ccccc4)n3)cc(C(F)F)c2)CC1.FC(F)c1cc(Br)cc(N2CCNCC2)c1.FC(F)c1cc(Nc2ncn(-c3ccccc3)n2)cc(N2CCNCC2)c1.Fc1cc(Br)cc(C(F)F)c1. The molecule has 0 spiro atoms. The highest BCUT2D eigenvalue weighted by atomic mass is 79.9. The van der Waals surface area contributed by atoms with Crippen LogP contribution in [0.4, 0.5) is 104 Å². The quantitative estimate of drug-likeness (QED) is 0.0711. The van der Waals surface area contributed by atoms with E-state index in [1.54, 1.807) is 50.0 Å². The summed E-state index contributed by atoms with van der Waals surface area (Å²) in [5.41, 5.74) is 4.30. The number of hydrogen-bond donors (Lipinski definition) is 4. The number of hydrogen-bond acceptors (Lipinski definition) is 16. The van der Waals surface area contributed by atoms with E-state index in [-0.39, 0.29) is 40.0 Å². The van der Waals surface area contributed by atoms with Gasteiger partial charge < -0.3 is 60.1 Å². The molecule has 4 fully saturated rings. The van der Waals surface area contributed by atoms with Gasteiger partial charge in [0.2, 0.25) is 11.9 Å². The summed E-state index contributed by atoms with van der Waals surface area (Å²) in [5.74, 6) is 0.00201. The number of halogens is 14. The lowest BCUT2D eigenvalue weighted by atomic mass is 10.1. The third-order valence-electron chi connectivity index (χ3n) is 16.9. The first-order valence-corrected chi connectivity index (χ1v) is 37.8. The van der Waals surface area contributed by atoms with E-state index in [1.165, 1.54) is 42.5 Å². The first-order valence-electron chi connectivity index (χ1n) is 35.4. The van der Waals surface area contributed by atoms with E-state index in [4.69, 9.17) is 9.47 Å². The summed E-state index contributed by atoms with van der Waals surface area (Å²) >= 11 is 9.45. The largest absolute Gasteiger partial charge is 0.444 e. The molecule has 2 amide bonds. The van der Waals surface area contributed by atoms with E-state index in [0.717, 1.165) is 92.9 Å². The molecule has 0 atom stereocenters. The zero-order valence-electron chi connectivity index (χ0n) is 61.6. The molecule has 0 bridgehead atoms. The number of nitrogens with one attached hydrogen (secondary N) is 4. The van der Waals surface area contributed by atoms with Crippen LogP contribution in [0.2, 0.25) is 0 Å². The number of piperazine rings is 4. The predicted molar refractivity (Wildman–Crippen MR) is 420 cm³/mol. The second-order valence-electron chi connectivity index (χ2n) is 27.6. The number of aromatic nitrogens is 6. The molecule has 0 saturated carbocycles. The Kier molecular flexibility index (Phi) is 31.1. The molecule has 4 saturated heterocycles. The molecule has 0 aliphatic carbocycles. The molecule has 111 heavy (non-hydrogen) atoms. The van der Waals surface area contributed by atoms with Crippen LogP contribution in [0.15, 0.2) is 178 Å². The smallest absolute Gasteiger partial charge is 0.410 e. The second-order valence-corrected chi connectivity index (χ2v) is 30.4. The average molecular weight is 1750 g/mol. The summed E-state index contributed by atoms with van der Waals surface area (Å²) < 4.78 is 157. The topological polar surface area (TPSA) is 182 Å². The molecule has 0 radical (unpaired) electrons. The monoisotopic (exact) mass is 1740 g/mol. The molecule has 34 heteroatoms. The lowest BCUT2D eigenvalue weighted by molar-refractivity contribution is 0.0230. The van der Waals surface area contributed by atoms with Crippen molar-refractivity contribution in [1.29, 1.82) is 0 Å². The van der Waals surface area contributed by atoms with Crippen LogP contribution in [0.1, 0.15) is 101 Å². The maximum Gasteiger partial charge on any atom is 0.410 e. The van der Waals surface area contributed by atoms with Gasteiger partial charge in [0.15, 0.2) is 0 Å². The van der Waals surface area contributed by atoms with Gasteiger partial charge in [-0.05, 0) is 157 Å². The Balaban J connectivity index is 0.000000167. The Morgan fingerprint density at radius 1 is 0.387 bits per heavy atom. The molecular weight excluding hydrogens is 1660 g/mol. The molecule has 596 valence electrons. The second kappa shape index (κ2) is 40.3. The highest BCUT2D eigenvalue weighted by molar-refractivity contribution is 9.11. The van der Waals surface area contributed by atoms with Crippen LogP contribution in [-0.4, -0.2) is 167 Å². The minimum atomic E-state index is -2.63. The van der Waals surface area contributed by atoms with Gasteiger partial charge >= 0.3 is 12.2 Å². The number of alkyl halides is 10. The zero-order chi connectivity index (χ0) is 80.1. The van der Waals surface area contributed by atoms with Crippen LogP contribution in [0.25, 0.3) is 11.4 Å². The number of anilines is 8. The standard InChI is InChI=1S/C24H28F2N6O2.C19H20F2N6.C16H21BrF2N2O2.C11H13BrF2N2.C7H4BrF3/c1-24(2,3)34-23(33)31-11-9-30(10-12-31)20-14-17(21(25)26)13-18(15-20)28-22-27-16-32(29-22)19-7-5-4-6-8-19;20-18(21)14-10-15(12-17(11-14)26-8-6-22-7-9-26)24-19-23-13-27(25-19)16-4-2-1-3-5-16;1-16(2,3)23-15(22)21-6-4-20(5-7-21)13-9-11(14(18)19)8-12(17)10-13;12-9-5-8(11(13)14)6-10(7-9)16-3-1-15-2-4-16;8-5-1-4(7(10)11)2-6(9)3-5/h4-8,13-16,21H,9-12H2,1-3H3,(H,28,29);1-5,10-13,18,22H,6-9H2,(H,24,25);8-10,14H,4-7H2,1-3H3;5-7,11,15H,1-4H2;1-3,7H. The fraction of sp³-hybridized carbons (Fsp3) is 0.377. The molecule has 13 rings (SSSR count). The number of amides is 2. The molecule has 4 aliphatic rings. The summed E-state index contributed by atoms with van der Waals surface area (Å²) in [7, 11) is 0. The number of benzene rings is 7. The number of carbonyl (C=O) groups is 2. The Labute approximate surface area is 662 Å². The van der Waals surface area contributed by atoms with Crippen molar-refractivity contribution in [1.82, 2.24) is 50.0 Å². The summed E-state index contributed by atoms with van der Waals surface area (Å²) in [5, 5.41) is 21.3. The first-order chi connectivity index (χ1) is 52.8. The number of ether oxygens (including phenoxy) is 2. The molecule has 4 aliphatic heterocycles. The van der Waals surface area contributed by atoms with Gasteiger partial charge in [-0.1, -0.05) is 84.2 Å². The normalized spacial score (nSPS) is 14.7. The van der Waals surface area contributed by atoms with Gasteiger partial charge in [0.05, 0.1) is 11.4 Å². The fourth-order valence-electron chi connectivity index (χ4n) is 11.6. The predicted octanol–water partition coefficient (Wildman–Crippen LogP) is 19.1.